The second-order valence-corrected chi connectivity index (χ2v) is 8.09. The molecule has 1 saturated carbocycles. The van der Waals surface area contributed by atoms with Crippen molar-refractivity contribution in [1.29, 1.82) is 0 Å². The molecule has 1 aromatic heterocycles. The van der Waals surface area contributed by atoms with E-state index < -0.39 is 35.3 Å². The Morgan fingerprint density at radius 2 is 1.78 bits per heavy atom. The highest BCUT2D eigenvalue weighted by Crippen LogP contribution is 2.27. The van der Waals surface area contributed by atoms with Gasteiger partial charge in [-0.15, -0.1) is 0 Å². The summed E-state index contributed by atoms with van der Waals surface area (Å²) >= 11 is 0. The number of aromatic nitrogens is 2. The summed E-state index contributed by atoms with van der Waals surface area (Å²) in [4.78, 5) is 44.9. The molecule has 0 aromatic carbocycles. The van der Waals surface area contributed by atoms with E-state index >= 15 is 0 Å². The van der Waals surface area contributed by atoms with E-state index in [0.29, 0.717) is 0 Å². The lowest BCUT2D eigenvalue weighted by Gasteiger charge is -2.33. The van der Waals surface area contributed by atoms with E-state index in [0.717, 1.165) is 32.1 Å². The molecule has 1 aliphatic rings. The molecule has 8 nitrogen and oxygen atoms in total. The smallest absolute Gasteiger partial charge is 0.326 e. The number of aliphatic carboxylic acids is 1. The van der Waals surface area contributed by atoms with Crippen LogP contribution in [0.5, 0.6) is 0 Å². The molecule has 1 heterocycles. The Kier molecular flexibility index (Phi) is 6.87. The minimum absolute atomic E-state index is 0.0335. The Balaban J connectivity index is 2.19. The Hall–Kier alpha value is -2.51. The van der Waals surface area contributed by atoms with Crippen molar-refractivity contribution < 1.29 is 19.5 Å². The summed E-state index contributed by atoms with van der Waals surface area (Å²) in [6.07, 6.45) is 8.89. The summed E-state index contributed by atoms with van der Waals surface area (Å²) in [5.41, 5.74) is -0.537. The highest BCUT2D eigenvalue weighted by Gasteiger charge is 2.37. The fourth-order valence-electron chi connectivity index (χ4n) is 3.38. The van der Waals surface area contributed by atoms with Crippen molar-refractivity contribution in [1.82, 2.24) is 20.6 Å². The maximum Gasteiger partial charge on any atom is 0.326 e. The third kappa shape index (κ3) is 5.74. The summed E-state index contributed by atoms with van der Waals surface area (Å²) in [6, 6.07) is -1.85. The number of carboxylic acids is 1. The highest BCUT2D eigenvalue weighted by molar-refractivity contribution is 5.96. The van der Waals surface area contributed by atoms with Crippen molar-refractivity contribution in [2.75, 3.05) is 0 Å². The molecule has 8 heteroatoms. The van der Waals surface area contributed by atoms with Crippen LogP contribution >= 0.6 is 0 Å². The van der Waals surface area contributed by atoms with Crippen LogP contribution in [0.25, 0.3) is 0 Å². The number of amides is 2. The number of nitrogens with zero attached hydrogens (tertiary/aromatic N) is 2. The van der Waals surface area contributed by atoms with Gasteiger partial charge in [0.15, 0.2) is 0 Å². The second kappa shape index (κ2) is 8.92. The van der Waals surface area contributed by atoms with Crippen LogP contribution in [-0.2, 0) is 9.59 Å². The van der Waals surface area contributed by atoms with Crippen LogP contribution in [0.2, 0.25) is 0 Å². The number of nitrogens with one attached hydrogen (secondary N) is 2. The predicted molar refractivity (Wildman–Crippen MR) is 98.9 cm³/mol. The average molecular weight is 376 g/mol. The lowest BCUT2D eigenvalue weighted by molar-refractivity contribution is -0.145. The van der Waals surface area contributed by atoms with Crippen molar-refractivity contribution in [2.45, 2.75) is 65.0 Å². The molecule has 2 rings (SSSR count). The first-order chi connectivity index (χ1) is 12.7. The predicted octanol–water partition coefficient (Wildman–Crippen LogP) is 1.77. The van der Waals surface area contributed by atoms with E-state index in [1.165, 1.54) is 18.6 Å². The van der Waals surface area contributed by atoms with Gasteiger partial charge in [0.05, 0.1) is 6.20 Å². The molecule has 1 fully saturated rings. The molecule has 0 radical (unpaired) electrons. The van der Waals surface area contributed by atoms with Crippen LogP contribution in [0.3, 0.4) is 0 Å². The van der Waals surface area contributed by atoms with Crippen molar-refractivity contribution in [2.24, 2.45) is 11.3 Å². The standard InChI is InChI=1S/C19H28N4O4/c1-19(2,3)15(18(26)27)23-17(25)14(12-7-5-4-6-8-12)22-16(24)13-11-20-9-10-21-13/h9-12,14-15H,4-8H2,1-3H3,(H,22,24)(H,23,25)(H,26,27)/t14?,15-/m1/s1. The second-order valence-electron chi connectivity index (χ2n) is 8.09. The first kappa shape index (κ1) is 20.8. The number of hydrogen-bond donors (Lipinski definition) is 3. The van der Waals surface area contributed by atoms with Crippen LogP contribution in [0.15, 0.2) is 18.6 Å². The van der Waals surface area contributed by atoms with Gasteiger partial charge >= 0.3 is 5.97 Å². The van der Waals surface area contributed by atoms with Gasteiger partial charge in [0.25, 0.3) is 5.91 Å². The van der Waals surface area contributed by atoms with Crippen LogP contribution < -0.4 is 10.6 Å². The number of carbonyl (C=O) groups excluding carboxylic acids is 2. The zero-order valence-electron chi connectivity index (χ0n) is 16.1. The van der Waals surface area contributed by atoms with E-state index in [1.807, 2.05) is 0 Å². The van der Waals surface area contributed by atoms with E-state index in [1.54, 1.807) is 20.8 Å². The van der Waals surface area contributed by atoms with Crippen LogP contribution in [0, 0.1) is 11.3 Å². The van der Waals surface area contributed by atoms with E-state index in [9.17, 15) is 19.5 Å². The molecule has 0 saturated heterocycles. The van der Waals surface area contributed by atoms with Crippen LogP contribution in [-0.4, -0.2) is 44.9 Å². The summed E-state index contributed by atoms with van der Waals surface area (Å²) in [5, 5.41) is 14.9. The minimum Gasteiger partial charge on any atom is -0.480 e. The van der Waals surface area contributed by atoms with Gasteiger partial charge in [-0.25, -0.2) is 9.78 Å². The van der Waals surface area contributed by atoms with Gasteiger partial charge in [-0.3, -0.25) is 14.6 Å². The summed E-state index contributed by atoms with van der Waals surface area (Å²) < 4.78 is 0. The number of rotatable bonds is 6. The number of hydrogen-bond acceptors (Lipinski definition) is 5. The Labute approximate surface area is 159 Å². The molecule has 0 spiro atoms. The maximum absolute atomic E-state index is 12.9. The first-order valence-corrected chi connectivity index (χ1v) is 9.30. The van der Waals surface area contributed by atoms with Crippen LogP contribution in [0.1, 0.15) is 63.4 Å². The van der Waals surface area contributed by atoms with E-state index in [4.69, 9.17) is 0 Å². The van der Waals surface area contributed by atoms with Gasteiger partial charge < -0.3 is 15.7 Å². The molecule has 0 aliphatic heterocycles. The minimum atomic E-state index is -1.10. The molecule has 148 valence electrons. The molecule has 2 amide bonds. The van der Waals surface area contributed by atoms with Crippen molar-refractivity contribution in [3.05, 3.63) is 24.3 Å². The Morgan fingerprint density at radius 3 is 2.30 bits per heavy atom. The summed E-state index contributed by atoms with van der Waals surface area (Å²) in [6.45, 7) is 5.25. The fourth-order valence-corrected chi connectivity index (χ4v) is 3.38. The Bertz CT molecular complexity index is 666. The number of carbonyl (C=O) groups is 3. The molecule has 27 heavy (non-hydrogen) atoms. The van der Waals surface area contributed by atoms with Gasteiger partial charge in [0.1, 0.15) is 17.8 Å². The summed E-state index contributed by atoms with van der Waals surface area (Å²) in [7, 11) is 0. The topological polar surface area (TPSA) is 121 Å². The monoisotopic (exact) mass is 376 g/mol. The highest BCUT2D eigenvalue weighted by atomic mass is 16.4. The van der Waals surface area contributed by atoms with Gasteiger partial charge in [0.2, 0.25) is 5.91 Å². The lowest BCUT2D eigenvalue weighted by Crippen LogP contribution is -2.57. The molecule has 3 N–H and O–H groups in total. The molecule has 1 aliphatic carbocycles. The molecule has 0 bridgehead atoms. The molecule has 1 unspecified atom stereocenters. The fraction of sp³-hybridized carbons (Fsp3) is 0.632. The van der Waals surface area contributed by atoms with Crippen LogP contribution in [0.4, 0.5) is 0 Å². The zero-order valence-corrected chi connectivity index (χ0v) is 16.1. The van der Waals surface area contributed by atoms with Gasteiger partial charge in [-0.2, -0.15) is 0 Å². The molecular weight excluding hydrogens is 348 g/mol. The van der Waals surface area contributed by atoms with Gasteiger partial charge in [0, 0.05) is 12.4 Å². The zero-order chi connectivity index (χ0) is 20.0. The maximum atomic E-state index is 12.9. The van der Waals surface area contributed by atoms with Crippen molar-refractivity contribution >= 4 is 17.8 Å². The van der Waals surface area contributed by atoms with Crippen molar-refractivity contribution in [3.8, 4) is 0 Å². The summed E-state index contributed by atoms with van der Waals surface area (Å²) in [5.74, 6) is -2.09. The van der Waals surface area contributed by atoms with Gasteiger partial charge in [-0.1, -0.05) is 40.0 Å². The van der Waals surface area contributed by atoms with E-state index in [-0.39, 0.29) is 11.6 Å². The first-order valence-electron chi connectivity index (χ1n) is 9.30. The molecule has 1 aromatic rings. The largest absolute Gasteiger partial charge is 0.480 e. The quantitative estimate of drug-likeness (QED) is 0.696. The normalized spacial score (nSPS) is 17.6. The lowest BCUT2D eigenvalue weighted by atomic mass is 9.82. The third-order valence-electron chi connectivity index (χ3n) is 4.89. The average Bonchev–Trinajstić information content (AvgIpc) is 2.64. The van der Waals surface area contributed by atoms with Crippen molar-refractivity contribution in [3.63, 3.8) is 0 Å². The molecular formula is C19H28N4O4. The third-order valence-corrected chi connectivity index (χ3v) is 4.89. The molecule has 2 atom stereocenters. The van der Waals surface area contributed by atoms with Gasteiger partial charge in [-0.05, 0) is 24.2 Å². The SMILES string of the molecule is CC(C)(C)[C@H](NC(=O)C(NC(=O)c1cnccn1)C1CCCCC1)C(=O)O. The van der Waals surface area contributed by atoms with E-state index in [2.05, 4.69) is 20.6 Å². The number of carboxylic acid groups (broad SMARTS) is 1. The Morgan fingerprint density at radius 1 is 1.11 bits per heavy atom.